The van der Waals surface area contributed by atoms with Crippen LogP contribution in [0.15, 0.2) is 0 Å². The highest BCUT2D eigenvalue weighted by Gasteiger charge is 2.13. The molecule has 0 aromatic rings. The van der Waals surface area contributed by atoms with E-state index in [1.54, 1.807) is 0 Å². The Bertz CT molecular complexity index is 118. The van der Waals surface area contributed by atoms with Gasteiger partial charge in [0.2, 0.25) is 0 Å². The van der Waals surface area contributed by atoms with Crippen LogP contribution in [0.25, 0.3) is 0 Å². The number of hydrogen-bond acceptors (Lipinski definition) is 1. The van der Waals surface area contributed by atoms with Gasteiger partial charge in [0.25, 0.3) is 0 Å². The van der Waals surface area contributed by atoms with Crippen LogP contribution in [0.5, 0.6) is 0 Å². The SMILES string of the molecule is CC1CCCCCCC1=O. The predicted octanol–water partition coefficient (Wildman–Crippen LogP) is 2.55. The van der Waals surface area contributed by atoms with Crippen LogP contribution >= 0.6 is 0 Å². The molecule has 1 saturated carbocycles. The van der Waals surface area contributed by atoms with Crippen molar-refractivity contribution in [1.29, 1.82) is 0 Å². The Balaban J connectivity index is 2.35. The summed E-state index contributed by atoms with van der Waals surface area (Å²) < 4.78 is 0. The van der Waals surface area contributed by atoms with Gasteiger partial charge in [-0.05, 0) is 12.8 Å². The largest absolute Gasteiger partial charge is 0.299 e. The molecule has 0 aliphatic heterocycles. The van der Waals surface area contributed by atoms with Crippen molar-refractivity contribution in [3.05, 3.63) is 0 Å². The van der Waals surface area contributed by atoms with E-state index in [1.165, 1.54) is 19.3 Å². The van der Waals surface area contributed by atoms with Crippen molar-refractivity contribution in [1.82, 2.24) is 0 Å². The van der Waals surface area contributed by atoms with Crippen molar-refractivity contribution in [2.24, 2.45) is 5.92 Å². The molecule has 1 atom stereocenters. The number of rotatable bonds is 0. The van der Waals surface area contributed by atoms with E-state index < -0.39 is 0 Å². The van der Waals surface area contributed by atoms with Gasteiger partial charge in [0.1, 0.15) is 5.78 Å². The smallest absolute Gasteiger partial charge is 0.135 e. The Morgan fingerprint density at radius 1 is 1.20 bits per heavy atom. The second-order valence-corrected chi connectivity index (χ2v) is 3.32. The predicted molar refractivity (Wildman–Crippen MR) is 41.9 cm³/mol. The van der Waals surface area contributed by atoms with E-state index in [2.05, 4.69) is 6.92 Å². The normalized spacial score (nSPS) is 29.3. The van der Waals surface area contributed by atoms with E-state index in [4.69, 9.17) is 0 Å². The average molecular weight is 140 g/mol. The van der Waals surface area contributed by atoms with Gasteiger partial charge in [-0.3, -0.25) is 4.79 Å². The van der Waals surface area contributed by atoms with Crippen molar-refractivity contribution >= 4 is 5.78 Å². The molecule has 1 heteroatoms. The van der Waals surface area contributed by atoms with Crippen LogP contribution < -0.4 is 0 Å². The van der Waals surface area contributed by atoms with Gasteiger partial charge in [0, 0.05) is 12.3 Å². The van der Waals surface area contributed by atoms with Gasteiger partial charge < -0.3 is 0 Å². The van der Waals surface area contributed by atoms with Gasteiger partial charge in [0.15, 0.2) is 0 Å². The average Bonchev–Trinajstić information content (AvgIpc) is 1.92. The van der Waals surface area contributed by atoms with Crippen LogP contribution in [0, 0.1) is 5.92 Å². The first-order chi connectivity index (χ1) is 4.80. The molecule has 58 valence electrons. The molecular weight excluding hydrogens is 124 g/mol. The minimum atomic E-state index is 0.347. The molecule has 0 bridgehead atoms. The van der Waals surface area contributed by atoms with Crippen LogP contribution in [0.4, 0.5) is 0 Å². The Morgan fingerprint density at radius 2 is 1.90 bits per heavy atom. The summed E-state index contributed by atoms with van der Waals surface area (Å²) >= 11 is 0. The standard InChI is InChI=1S/C9H16O/c1-8-6-4-2-3-5-7-9(8)10/h8H,2-7H2,1H3. The molecule has 1 aliphatic rings. The number of carbonyl (C=O) groups excluding carboxylic acids is 1. The molecule has 0 saturated heterocycles. The molecular formula is C9H16O. The van der Waals surface area contributed by atoms with Gasteiger partial charge in [-0.2, -0.15) is 0 Å². The molecule has 1 fully saturated rings. The van der Waals surface area contributed by atoms with Gasteiger partial charge in [-0.25, -0.2) is 0 Å². The third kappa shape index (κ3) is 2.13. The van der Waals surface area contributed by atoms with E-state index in [9.17, 15) is 4.79 Å². The van der Waals surface area contributed by atoms with Crippen LogP contribution in [0.3, 0.4) is 0 Å². The fourth-order valence-corrected chi connectivity index (χ4v) is 1.51. The molecule has 1 rings (SSSR count). The van der Waals surface area contributed by atoms with E-state index in [0.717, 1.165) is 19.3 Å². The summed E-state index contributed by atoms with van der Waals surface area (Å²) in [5, 5.41) is 0. The summed E-state index contributed by atoms with van der Waals surface area (Å²) in [6, 6.07) is 0. The van der Waals surface area contributed by atoms with Crippen molar-refractivity contribution in [3.63, 3.8) is 0 Å². The second-order valence-electron chi connectivity index (χ2n) is 3.32. The number of Topliss-reactive ketones (excluding diaryl/α,β-unsaturated/α-hetero) is 1. The molecule has 0 spiro atoms. The van der Waals surface area contributed by atoms with Crippen molar-refractivity contribution in [3.8, 4) is 0 Å². The number of carbonyl (C=O) groups is 1. The maximum Gasteiger partial charge on any atom is 0.135 e. The highest BCUT2D eigenvalue weighted by Crippen LogP contribution is 2.18. The lowest BCUT2D eigenvalue weighted by molar-refractivity contribution is -0.123. The van der Waals surface area contributed by atoms with Gasteiger partial charge >= 0.3 is 0 Å². The molecule has 0 N–H and O–H groups in total. The lowest BCUT2D eigenvalue weighted by Crippen LogP contribution is -2.12. The lowest BCUT2D eigenvalue weighted by atomic mass is 9.92. The summed E-state index contributed by atoms with van der Waals surface area (Å²) in [5.74, 6) is 0.833. The zero-order valence-electron chi connectivity index (χ0n) is 6.73. The molecule has 10 heavy (non-hydrogen) atoms. The Kier molecular flexibility index (Phi) is 2.91. The molecule has 0 amide bonds. The van der Waals surface area contributed by atoms with Crippen molar-refractivity contribution in [2.75, 3.05) is 0 Å². The third-order valence-corrected chi connectivity index (χ3v) is 2.36. The Labute approximate surface area is 62.8 Å². The monoisotopic (exact) mass is 140 g/mol. The topological polar surface area (TPSA) is 17.1 Å². The molecule has 0 aromatic carbocycles. The molecule has 0 heterocycles. The highest BCUT2D eigenvalue weighted by atomic mass is 16.1. The lowest BCUT2D eigenvalue weighted by Gasteiger charge is -2.13. The molecule has 0 radical (unpaired) electrons. The fraction of sp³-hybridized carbons (Fsp3) is 0.889. The maximum absolute atomic E-state index is 11.2. The van der Waals surface area contributed by atoms with Gasteiger partial charge in [-0.15, -0.1) is 0 Å². The first-order valence-electron chi connectivity index (χ1n) is 4.33. The quantitative estimate of drug-likeness (QED) is 0.505. The van der Waals surface area contributed by atoms with Crippen LogP contribution in [-0.4, -0.2) is 5.78 Å². The maximum atomic E-state index is 11.2. The second kappa shape index (κ2) is 3.75. The number of hydrogen-bond donors (Lipinski definition) is 0. The molecule has 1 unspecified atom stereocenters. The van der Waals surface area contributed by atoms with E-state index in [0.29, 0.717) is 11.7 Å². The Hall–Kier alpha value is -0.330. The first kappa shape index (κ1) is 7.77. The summed E-state index contributed by atoms with van der Waals surface area (Å²) in [6.45, 7) is 2.06. The van der Waals surface area contributed by atoms with Crippen LogP contribution in [0.1, 0.15) is 45.4 Å². The fourth-order valence-electron chi connectivity index (χ4n) is 1.51. The third-order valence-electron chi connectivity index (χ3n) is 2.36. The zero-order chi connectivity index (χ0) is 7.40. The van der Waals surface area contributed by atoms with Crippen molar-refractivity contribution in [2.45, 2.75) is 45.4 Å². The minimum absolute atomic E-state index is 0.347. The summed E-state index contributed by atoms with van der Waals surface area (Å²) in [5.41, 5.74) is 0. The molecule has 0 aromatic heterocycles. The first-order valence-corrected chi connectivity index (χ1v) is 4.33. The van der Waals surface area contributed by atoms with E-state index in [-0.39, 0.29) is 0 Å². The zero-order valence-corrected chi connectivity index (χ0v) is 6.73. The van der Waals surface area contributed by atoms with E-state index >= 15 is 0 Å². The summed E-state index contributed by atoms with van der Waals surface area (Å²) in [6.07, 6.45) is 6.94. The summed E-state index contributed by atoms with van der Waals surface area (Å²) in [4.78, 5) is 11.2. The Morgan fingerprint density at radius 3 is 2.70 bits per heavy atom. The minimum Gasteiger partial charge on any atom is -0.299 e. The van der Waals surface area contributed by atoms with Gasteiger partial charge in [-0.1, -0.05) is 26.2 Å². The van der Waals surface area contributed by atoms with Gasteiger partial charge in [0.05, 0.1) is 0 Å². The van der Waals surface area contributed by atoms with Crippen molar-refractivity contribution < 1.29 is 4.79 Å². The highest BCUT2D eigenvalue weighted by molar-refractivity contribution is 5.80. The van der Waals surface area contributed by atoms with E-state index in [1.807, 2.05) is 0 Å². The number of ketones is 1. The summed E-state index contributed by atoms with van der Waals surface area (Å²) in [7, 11) is 0. The molecule has 1 aliphatic carbocycles. The van der Waals surface area contributed by atoms with Crippen LogP contribution in [-0.2, 0) is 4.79 Å². The molecule has 1 nitrogen and oxygen atoms in total. The van der Waals surface area contributed by atoms with Crippen LogP contribution in [0.2, 0.25) is 0 Å².